The standard InChI is InChI=1S/C20H22N4O2S/c1-23(2)19(25)15-11-9-14(10-12-15)13-27-20-22-21-18(24(20)3)16-7-5-6-8-17(16)26-4/h5-12H,13H2,1-4H3. The van der Waals surface area contributed by atoms with Gasteiger partial charge in [0, 0.05) is 32.5 Å². The van der Waals surface area contributed by atoms with E-state index in [-0.39, 0.29) is 5.91 Å². The largest absolute Gasteiger partial charge is 0.496 e. The van der Waals surface area contributed by atoms with Crippen LogP contribution in [0.3, 0.4) is 0 Å². The van der Waals surface area contributed by atoms with Crippen molar-refractivity contribution in [2.75, 3.05) is 21.2 Å². The Morgan fingerprint density at radius 1 is 1.11 bits per heavy atom. The number of methoxy groups -OCH3 is 1. The molecular formula is C20H22N4O2S. The molecule has 0 radical (unpaired) electrons. The molecule has 7 heteroatoms. The number of ether oxygens (including phenoxy) is 1. The van der Waals surface area contributed by atoms with E-state index in [9.17, 15) is 4.79 Å². The molecule has 0 aliphatic heterocycles. The molecule has 2 aromatic carbocycles. The Morgan fingerprint density at radius 3 is 2.48 bits per heavy atom. The summed E-state index contributed by atoms with van der Waals surface area (Å²) in [6, 6.07) is 15.4. The lowest BCUT2D eigenvalue weighted by atomic mass is 10.1. The number of benzene rings is 2. The van der Waals surface area contributed by atoms with Crippen LogP contribution in [-0.2, 0) is 12.8 Å². The number of amides is 1. The average Bonchev–Trinajstić information content (AvgIpc) is 3.06. The Labute approximate surface area is 163 Å². The van der Waals surface area contributed by atoms with Crippen LogP contribution in [0.2, 0.25) is 0 Å². The predicted molar refractivity (Wildman–Crippen MR) is 107 cm³/mol. The molecule has 27 heavy (non-hydrogen) atoms. The molecule has 0 saturated carbocycles. The van der Waals surface area contributed by atoms with Crippen molar-refractivity contribution in [2.24, 2.45) is 7.05 Å². The van der Waals surface area contributed by atoms with Gasteiger partial charge in [0.1, 0.15) is 5.75 Å². The first-order valence-corrected chi connectivity index (χ1v) is 9.46. The van der Waals surface area contributed by atoms with Crippen LogP contribution >= 0.6 is 11.8 Å². The molecule has 1 amide bonds. The number of carbonyl (C=O) groups is 1. The highest BCUT2D eigenvalue weighted by atomic mass is 32.2. The van der Waals surface area contributed by atoms with Crippen LogP contribution < -0.4 is 4.74 Å². The normalized spacial score (nSPS) is 10.7. The highest BCUT2D eigenvalue weighted by molar-refractivity contribution is 7.98. The van der Waals surface area contributed by atoms with E-state index in [0.29, 0.717) is 5.56 Å². The third kappa shape index (κ3) is 4.14. The van der Waals surface area contributed by atoms with E-state index in [4.69, 9.17) is 4.74 Å². The molecular weight excluding hydrogens is 360 g/mol. The maximum Gasteiger partial charge on any atom is 0.253 e. The molecule has 140 valence electrons. The Bertz CT molecular complexity index is 935. The fourth-order valence-corrected chi connectivity index (χ4v) is 3.52. The molecule has 0 saturated heterocycles. The number of nitrogens with zero attached hydrogens (tertiary/aromatic N) is 4. The number of hydrogen-bond acceptors (Lipinski definition) is 5. The van der Waals surface area contributed by atoms with E-state index in [0.717, 1.165) is 33.6 Å². The summed E-state index contributed by atoms with van der Waals surface area (Å²) in [7, 11) is 7.09. The summed E-state index contributed by atoms with van der Waals surface area (Å²) in [6.45, 7) is 0. The fourth-order valence-electron chi connectivity index (χ4n) is 2.65. The van der Waals surface area contributed by atoms with E-state index in [1.165, 1.54) is 0 Å². The summed E-state index contributed by atoms with van der Waals surface area (Å²) < 4.78 is 7.39. The van der Waals surface area contributed by atoms with Crippen LogP contribution in [0, 0.1) is 0 Å². The number of para-hydroxylation sites is 1. The van der Waals surface area contributed by atoms with Crippen LogP contribution in [0.25, 0.3) is 11.4 Å². The van der Waals surface area contributed by atoms with Crippen molar-refractivity contribution in [3.8, 4) is 17.1 Å². The van der Waals surface area contributed by atoms with E-state index in [2.05, 4.69) is 10.2 Å². The molecule has 0 fully saturated rings. The number of hydrogen-bond donors (Lipinski definition) is 0. The first-order valence-electron chi connectivity index (χ1n) is 8.47. The summed E-state index contributed by atoms with van der Waals surface area (Å²) in [5.41, 5.74) is 2.72. The number of thioether (sulfide) groups is 1. The number of aromatic nitrogens is 3. The minimum Gasteiger partial charge on any atom is -0.496 e. The molecule has 0 aliphatic rings. The topological polar surface area (TPSA) is 60.3 Å². The number of rotatable bonds is 6. The lowest BCUT2D eigenvalue weighted by Crippen LogP contribution is -2.21. The van der Waals surface area contributed by atoms with Crippen LogP contribution in [0.5, 0.6) is 5.75 Å². The highest BCUT2D eigenvalue weighted by Crippen LogP contribution is 2.30. The second kappa shape index (κ2) is 8.26. The van der Waals surface area contributed by atoms with Crippen molar-refractivity contribution in [2.45, 2.75) is 10.9 Å². The number of carbonyl (C=O) groups excluding carboxylic acids is 1. The zero-order valence-corrected chi connectivity index (χ0v) is 16.7. The quantitative estimate of drug-likeness (QED) is 0.611. The molecule has 0 spiro atoms. The van der Waals surface area contributed by atoms with Gasteiger partial charge in [0.05, 0.1) is 12.7 Å². The van der Waals surface area contributed by atoms with Gasteiger partial charge in [0.25, 0.3) is 5.91 Å². The lowest BCUT2D eigenvalue weighted by Gasteiger charge is -2.10. The zero-order valence-electron chi connectivity index (χ0n) is 15.8. The van der Waals surface area contributed by atoms with Crippen LogP contribution in [-0.4, -0.2) is 46.8 Å². The van der Waals surface area contributed by atoms with Gasteiger partial charge in [-0.05, 0) is 29.8 Å². The minimum absolute atomic E-state index is 0.00366. The van der Waals surface area contributed by atoms with Crippen molar-refractivity contribution >= 4 is 17.7 Å². The van der Waals surface area contributed by atoms with Crippen LogP contribution in [0.4, 0.5) is 0 Å². The first kappa shape index (κ1) is 19.0. The molecule has 3 aromatic rings. The molecule has 0 aliphatic carbocycles. The molecule has 0 atom stereocenters. The third-order valence-electron chi connectivity index (χ3n) is 4.16. The zero-order chi connectivity index (χ0) is 19.4. The molecule has 1 aromatic heterocycles. The summed E-state index contributed by atoms with van der Waals surface area (Å²) in [6.07, 6.45) is 0. The molecule has 6 nitrogen and oxygen atoms in total. The maximum atomic E-state index is 12.0. The summed E-state index contributed by atoms with van der Waals surface area (Å²) in [5, 5.41) is 9.46. The van der Waals surface area contributed by atoms with E-state index >= 15 is 0 Å². The van der Waals surface area contributed by atoms with E-state index in [1.54, 1.807) is 37.9 Å². The maximum absolute atomic E-state index is 12.0. The van der Waals surface area contributed by atoms with Crippen molar-refractivity contribution in [3.05, 3.63) is 59.7 Å². The third-order valence-corrected chi connectivity index (χ3v) is 5.25. The van der Waals surface area contributed by atoms with Crippen molar-refractivity contribution in [3.63, 3.8) is 0 Å². The predicted octanol–water partition coefficient (Wildman–Crippen LogP) is 3.48. The summed E-state index contributed by atoms with van der Waals surface area (Å²) in [4.78, 5) is 13.5. The van der Waals surface area contributed by atoms with Gasteiger partial charge in [-0.25, -0.2) is 0 Å². The van der Waals surface area contributed by atoms with Gasteiger partial charge in [-0.3, -0.25) is 4.79 Å². The van der Waals surface area contributed by atoms with E-state index in [1.807, 2.05) is 60.1 Å². The van der Waals surface area contributed by atoms with Gasteiger partial charge in [-0.15, -0.1) is 10.2 Å². The molecule has 0 N–H and O–H groups in total. The monoisotopic (exact) mass is 382 g/mol. The smallest absolute Gasteiger partial charge is 0.253 e. The molecule has 0 bridgehead atoms. The highest BCUT2D eigenvalue weighted by Gasteiger charge is 2.15. The Morgan fingerprint density at radius 2 is 1.81 bits per heavy atom. The second-order valence-corrected chi connectivity index (χ2v) is 7.19. The Balaban J connectivity index is 1.72. The Kier molecular flexibility index (Phi) is 5.81. The summed E-state index contributed by atoms with van der Waals surface area (Å²) >= 11 is 1.60. The molecule has 0 unspecified atom stereocenters. The molecule has 1 heterocycles. The van der Waals surface area contributed by atoms with Gasteiger partial charge < -0.3 is 14.2 Å². The van der Waals surface area contributed by atoms with Crippen molar-refractivity contribution in [1.82, 2.24) is 19.7 Å². The first-order chi connectivity index (χ1) is 13.0. The van der Waals surface area contributed by atoms with Crippen LogP contribution in [0.15, 0.2) is 53.7 Å². The van der Waals surface area contributed by atoms with Gasteiger partial charge in [-0.1, -0.05) is 36.0 Å². The van der Waals surface area contributed by atoms with Crippen molar-refractivity contribution in [1.29, 1.82) is 0 Å². The van der Waals surface area contributed by atoms with Gasteiger partial charge in [-0.2, -0.15) is 0 Å². The van der Waals surface area contributed by atoms with Crippen LogP contribution in [0.1, 0.15) is 15.9 Å². The second-order valence-electron chi connectivity index (χ2n) is 6.25. The fraction of sp³-hybridized carbons (Fsp3) is 0.250. The SMILES string of the molecule is COc1ccccc1-c1nnc(SCc2ccc(C(=O)N(C)C)cc2)n1C. The molecule has 3 rings (SSSR count). The van der Waals surface area contributed by atoms with Gasteiger partial charge >= 0.3 is 0 Å². The van der Waals surface area contributed by atoms with E-state index < -0.39 is 0 Å². The van der Waals surface area contributed by atoms with Crippen molar-refractivity contribution < 1.29 is 9.53 Å². The average molecular weight is 382 g/mol. The van der Waals surface area contributed by atoms with Gasteiger partial charge in [0.2, 0.25) is 0 Å². The Hall–Kier alpha value is -2.80. The minimum atomic E-state index is 0.00366. The lowest BCUT2D eigenvalue weighted by molar-refractivity contribution is 0.0827. The van der Waals surface area contributed by atoms with Gasteiger partial charge in [0.15, 0.2) is 11.0 Å². The summed E-state index contributed by atoms with van der Waals surface area (Å²) in [5.74, 6) is 2.28.